The fourth-order valence-electron chi connectivity index (χ4n) is 2.07. The molecule has 0 aliphatic carbocycles. The van der Waals surface area contributed by atoms with Crippen LogP contribution in [0, 0.1) is 0 Å². The first-order chi connectivity index (χ1) is 11.2. The number of carbonyl (C=O) groups is 1. The van der Waals surface area contributed by atoms with Crippen molar-refractivity contribution in [1.29, 1.82) is 0 Å². The molecule has 1 aromatic heterocycles. The largest absolute Gasteiger partial charge is 0.444 e. The number of aromatic nitrogens is 1. The number of amides is 1. The van der Waals surface area contributed by atoms with Gasteiger partial charge in [0.1, 0.15) is 0 Å². The molecule has 0 spiro atoms. The van der Waals surface area contributed by atoms with Crippen molar-refractivity contribution in [3.8, 4) is 11.3 Å². The highest BCUT2D eigenvalue weighted by Gasteiger charge is 2.00. The highest BCUT2D eigenvalue weighted by Crippen LogP contribution is 2.22. The van der Waals surface area contributed by atoms with Gasteiger partial charge in [-0.25, -0.2) is 4.98 Å². The third-order valence-electron chi connectivity index (χ3n) is 3.18. The van der Waals surface area contributed by atoms with Gasteiger partial charge < -0.3 is 9.73 Å². The van der Waals surface area contributed by atoms with Crippen LogP contribution in [0.3, 0.4) is 0 Å². The molecule has 0 aliphatic rings. The Kier molecular flexibility index (Phi) is 4.29. The zero-order valence-corrected chi connectivity index (χ0v) is 12.6. The van der Waals surface area contributed by atoms with Crippen molar-refractivity contribution in [1.82, 2.24) is 4.98 Å². The number of benzene rings is 2. The Morgan fingerprint density at radius 1 is 1.13 bits per heavy atom. The molecule has 1 heterocycles. The number of oxazole rings is 1. The van der Waals surface area contributed by atoms with Gasteiger partial charge >= 0.3 is 0 Å². The molecule has 5 nitrogen and oxygen atoms in total. The summed E-state index contributed by atoms with van der Waals surface area (Å²) in [5.74, 6) is 0.646. The number of nitrogens with one attached hydrogen (secondary N) is 1. The Hall–Kier alpha value is -3.21. The first kappa shape index (κ1) is 14.7. The number of nitrogens with zero attached hydrogens (tertiary/aromatic N) is 2. The Morgan fingerprint density at radius 3 is 2.48 bits per heavy atom. The van der Waals surface area contributed by atoms with Crippen LogP contribution < -0.4 is 5.32 Å². The van der Waals surface area contributed by atoms with E-state index in [4.69, 9.17) is 4.42 Å². The maximum Gasteiger partial charge on any atom is 0.221 e. The van der Waals surface area contributed by atoms with Crippen LogP contribution in [0.15, 0.2) is 70.5 Å². The molecule has 0 saturated heterocycles. The van der Waals surface area contributed by atoms with E-state index in [9.17, 15) is 4.79 Å². The topological polar surface area (TPSA) is 67.5 Å². The summed E-state index contributed by atoms with van der Waals surface area (Å²) in [6, 6.07) is 15.2. The first-order valence-corrected chi connectivity index (χ1v) is 7.11. The van der Waals surface area contributed by atoms with Crippen LogP contribution in [0.2, 0.25) is 0 Å². The summed E-state index contributed by atoms with van der Waals surface area (Å²) < 4.78 is 5.25. The summed E-state index contributed by atoms with van der Waals surface area (Å²) in [4.78, 5) is 19.3. The standard InChI is InChI=1S/C18H15N3O2/c1-13(22)21-17-6-2-14(3-7-17)10-20-16-8-4-15(5-9-16)18-11-19-12-23-18/h2-12H,1H3,(H,21,22). The van der Waals surface area contributed by atoms with E-state index in [1.807, 2.05) is 48.5 Å². The lowest BCUT2D eigenvalue weighted by molar-refractivity contribution is -0.114. The summed E-state index contributed by atoms with van der Waals surface area (Å²) in [7, 11) is 0. The normalized spacial score (nSPS) is 10.8. The molecule has 0 unspecified atom stereocenters. The molecule has 2 aromatic carbocycles. The quantitative estimate of drug-likeness (QED) is 0.739. The first-order valence-electron chi connectivity index (χ1n) is 7.11. The van der Waals surface area contributed by atoms with Crippen molar-refractivity contribution in [2.24, 2.45) is 4.99 Å². The lowest BCUT2D eigenvalue weighted by Crippen LogP contribution is -2.05. The average molecular weight is 305 g/mol. The molecular formula is C18H15N3O2. The molecule has 0 radical (unpaired) electrons. The molecule has 0 saturated carbocycles. The predicted molar refractivity (Wildman–Crippen MR) is 89.9 cm³/mol. The minimum atomic E-state index is -0.0849. The molecule has 114 valence electrons. The van der Waals surface area contributed by atoms with Gasteiger partial charge in [-0.3, -0.25) is 9.79 Å². The van der Waals surface area contributed by atoms with Crippen LogP contribution in [-0.2, 0) is 4.79 Å². The average Bonchev–Trinajstić information content (AvgIpc) is 3.09. The number of anilines is 1. The monoisotopic (exact) mass is 305 g/mol. The molecule has 0 atom stereocenters. The van der Waals surface area contributed by atoms with E-state index in [1.165, 1.54) is 13.3 Å². The van der Waals surface area contributed by atoms with Gasteiger partial charge in [-0.2, -0.15) is 0 Å². The Bertz CT molecular complexity index is 804. The summed E-state index contributed by atoms with van der Waals surface area (Å²) in [5, 5.41) is 2.73. The fourth-order valence-corrected chi connectivity index (χ4v) is 2.07. The van der Waals surface area contributed by atoms with Crippen molar-refractivity contribution in [2.75, 3.05) is 5.32 Å². The van der Waals surface area contributed by atoms with Crippen LogP contribution in [0.4, 0.5) is 11.4 Å². The lowest BCUT2D eigenvalue weighted by Gasteiger charge is -2.01. The number of hydrogen-bond donors (Lipinski definition) is 1. The van der Waals surface area contributed by atoms with Gasteiger partial charge in [-0.05, 0) is 42.0 Å². The van der Waals surface area contributed by atoms with Crippen LogP contribution in [0.1, 0.15) is 12.5 Å². The van der Waals surface area contributed by atoms with Crippen molar-refractivity contribution in [3.63, 3.8) is 0 Å². The van der Waals surface area contributed by atoms with Gasteiger partial charge in [-0.1, -0.05) is 12.1 Å². The lowest BCUT2D eigenvalue weighted by atomic mass is 10.1. The Balaban J connectivity index is 1.69. The summed E-state index contributed by atoms with van der Waals surface area (Å²) >= 11 is 0. The second-order valence-electron chi connectivity index (χ2n) is 4.97. The smallest absolute Gasteiger partial charge is 0.221 e. The SMILES string of the molecule is CC(=O)Nc1ccc(C=Nc2ccc(-c3cnco3)cc2)cc1. The highest BCUT2D eigenvalue weighted by molar-refractivity contribution is 5.89. The third kappa shape index (κ3) is 3.91. The van der Waals surface area contributed by atoms with E-state index in [1.54, 1.807) is 12.4 Å². The van der Waals surface area contributed by atoms with Gasteiger partial charge in [0, 0.05) is 24.4 Å². The molecule has 23 heavy (non-hydrogen) atoms. The summed E-state index contributed by atoms with van der Waals surface area (Å²) in [6.45, 7) is 1.48. The van der Waals surface area contributed by atoms with Crippen molar-refractivity contribution < 1.29 is 9.21 Å². The summed E-state index contributed by atoms with van der Waals surface area (Å²) in [5.41, 5.74) is 3.53. The zero-order chi connectivity index (χ0) is 16.1. The van der Waals surface area contributed by atoms with Gasteiger partial charge in [0.25, 0.3) is 0 Å². The van der Waals surface area contributed by atoms with Crippen molar-refractivity contribution in [2.45, 2.75) is 6.92 Å². The number of rotatable bonds is 4. The van der Waals surface area contributed by atoms with Crippen LogP contribution in [0.5, 0.6) is 0 Å². The van der Waals surface area contributed by atoms with Gasteiger partial charge in [-0.15, -0.1) is 0 Å². The third-order valence-corrected chi connectivity index (χ3v) is 3.18. The van der Waals surface area contributed by atoms with E-state index in [0.717, 1.165) is 28.3 Å². The number of aliphatic imine (C=N–C) groups is 1. The van der Waals surface area contributed by atoms with Crippen LogP contribution in [0.25, 0.3) is 11.3 Å². The molecule has 1 amide bonds. The minimum absolute atomic E-state index is 0.0849. The van der Waals surface area contributed by atoms with Crippen LogP contribution in [-0.4, -0.2) is 17.1 Å². The van der Waals surface area contributed by atoms with Crippen LogP contribution >= 0.6 is 0 Å². The van der Waals surface area contributed by atoms with Crippen molar-refractivity contribution in [3.05, 3.63) is 66.7 Å². The van der Waals surface area contributed by atoms with Crippen molar-refractivity contribution >= 4 is 23.5 Å². The second kappa shape index (κ2) is 6.70. The maximum absolute atomic E-state index is 11.0. The molecule has 5 heteroatoms. The summed E-state index contributed by atoms with van der Waals surface area (Å²) in [6.07, 6.45) is 4.86. The second-order valence-corrected chi connectivity index (χ2v) is 4.97. The molecule has 0 fully saturated rings. The molecule has 0 bridgehead atoms. The van der Waals surface area contributed by atoms with Gasteiger partial charge in [0.05, 0.1) is 11.9 Å². The van der Waals surface area contributed by atoms with Gasteiger partial charge in [0.2, 0.25) is 5.91 Å². The Labute approximate surface area is 133 Å². The highest BCUT2D eigenvalue weighted by atomic mass is 16.3. The predicted octanol–water partition coefficient (Wildman–Crippen LogP) is 4.05. The zero-order valence-electron chi connectivity index (χ0n) is 12.6. The van der Waals surface area contributed by atoms with Gasteiger partial charge in [0.15, 0.2) is 12.2 Å². The molecule has 3 aromatic rings. The molecule has 1 N–H and O–H groups in total. The van der Waals surface area contributed by atoms with E-state index in [2.05, 4.69) is 15.3 Å². The van der Waals surface area contributed by atoms with E-state index < -0.39 is 0 Å². The maximum atomic E-state index is 11.0. The fraction of sp³-hybridized carbons (Fsp3) is 0.0556. The van der Waals surface area contributed by atoms with E-state index in [0.29, 0.717) is 0 Å². The number of hydrogen-bond acceptors (Lipinski definition) is 4. The van der Waals surface area contributed by atoms with E-state index in [-0.39, 0.29) is 5.91 Å². The minimum Gasteiger partial charge on any atom is -0.444 e. The van der Waals surface area contributed by atoms with E-state index >= 15 is 0 Å². The molecular weight excluding hydrogens is 290 g/mol. The molecule has 3 rings (SSSR count). The molecule has 0 aliphatic heterocycles. The number of carbonyl (C=O) groups excluding carboxylic acids is 1. The Morgan fingerprint density at radius 2 is 1.87 bits per heavy atom.